The van der Waals surface area contributed by atoms with Crippen LogP contribution in [0.5, 0.6) is 0 Å². The number of benzene rings is 2. The van der Waals surface area contributed by atoms with Crippen LogP contribution in [0.1, 0.15) is 44.7 Å². The van der Waals surface area contributed by atoms with E-state index >= 15 is 0 Å². The molecular weight excluding hydrogens is 484 g/mol. The van der Waals surface area contributed by atoms with Crippen molar-refractivity contribution in [3.8, 4) is 0 Å². The fourth-order valence-corrected chi connectivity index (χ4v) is 5.30. The molecule has 3 aromatic rings. The maximum Gasteiger partial charge on any atom is 0.407 e. The number of hydrogen-bond acceptors (Lipinski definition) is 7. The third-order valence-electron chi connectivity index (χ3n) is 6.80. The Morgan fingerprint density at radius 1 is 1.08 bits per heavy atom. The largest absolute Gasteiger partial charge is 0.465 e. The molecule has 0 saturated carbocycles. The SMILES string of the molecule is CC(C)(C)C1[C@H](Nc2ncnc(N(Cc3ccccc3)Cc3ccccc3)c2[N+](=O)[O-])CCCN1C(=O)O. The van der Waals surface area contributed by atoms with Gasteiger partial charge in [-0.15, -0.1) is 0 Å². The summed E-state index contributed by atoms with van der Waals surface area (Å²) in [7, 11) is 0. The number of nitro groups is 1. The van der Waals surface area contributed by atoms with E-state index in [1.807, 2.05) is 86.3 Å². The van der Waals surface area contributed by atoms with E-state index in [-0.39, 0.29) is 23.4 Å². The fraction of sp³-hybridized carbons (Fsp3) is 0.393. The standard InChI is InChI=1S/C28H34N6O4/c1-28(2,3)24-22(15-10-16-33(24)27(35)36)31-25-23(34(37)38)26(30-19-29-25)32(17-20-11-6-4-7-12-20)18-21-13-8-5-9-14-21/h4-9,11-14,19,22,24H,10,15-18H2,1-3H3,(H,35,36)(H,29,30,31)/t22-,24?/m1/s1. The van der Waals surface area contributed by atoms with Crippen LogP contribution in [0.2, 0.25) is 0 Å². The molecule has 1 aromatic heterocycles. The highest BCUT2D eigenvalue weighted by atomic mass is 16.6. The van der Waals surface area contributed by atoms with Gasteiger partial charge in [0.25, 0.3) is 0 Å². The summed E-state index contributed by atoms with van der Waals surface area (Å²) in [5.74, 6) is 0.302. The zero-order chi connectivity index (χ0) is 27.3. The van der Waals surface area contributed by atoms with Crippen LogP contribution < -0.4 is 10.2 Å². The van der Waals surface area contributed by atoms with Gasteiger partial charge in [-0.1, -0.05) is 81.4 Å². The van der Waals surface area contributed by atoms with E-state index in [1.54, 1.807) is 0 Å². The van der Waals surface area contributed by atoms with Gasteiger partial charge in [-0.3, -0.25) is 10.1 Å². The van der Waals surface area contributed by atoms with E-state index in [0.29, 0.717) is 32.5 Å². The molecule has 200 valence electrons. The molecule has 0 radical (unpaired) electrons. The van der Waals surface area contributed by atoms with Crippen LogP contribution in [0.25, 0.3) is 0 Å². The van der Waals surface area contributed by atoms with Crippen molar-refractivity contribution in [3.05, 3.63) is 88.2 Å². The summed E-state index contributed by atoms with van der Waals surface area (Å²) in [5.41, 5.74) is 1.36. The topological polar surface area (TPSA) is 125 Å². The van der Waals surface area contributed by atoms with Crippen LogP contribution in [0, 0.1) is 15.5 Å². The van der Waals surface area contributed by atoms with E-state index in [1.165, 1.54) is 11.2 Å². The van der Waals surface area contributed by atoms with Crippen LogP contribution in [-0.4, -0.2) is 49.6 Å². The zero-order valence-corrected chi connectivity index (χ0v) is 21.9. The Morgan fingerprint density at radius 2 is 1.66 bits per heavy atom. The maximum atomic E-state index is 12.5. The molecule has 1 aliphatic rings. The van der Waals surface area contributed by atoms with Gasteiger partial charge in [-0.2, -0.15) is 0 Å². The van der Waals surface area contributed by atoms with Crippen LogP contribution in [0.15, 0.2) is 67.0 Å². The van der Waals surface area contributed by atoms with E-state index < -0.39 is 22.5 Å². The number of amides is 1. The minimum Gasteiger partial charge on any atom is -0.465 e. The number of hydrogen-bond donors (Lipinski definition) is 2. The first-order valence-electron chi connectivity index (χ1n) is 12.7. The molecule has 0 bridgehead atoms. The van der Waals surface area contributed by atoms with Gasteiger partial charge in [0.05, 0.1) is 11.0 Å². The second kappa shape index (κ2) is 11.5. The first-order valence-corrected chi connectivity index (χ1v) is 12.7. The molecule has 0 aliphatic carbocycles. The summed E-state index contributed by atoms with van der Waals surface area (Å²) in [4.78, 5) is 36.1. The molecule has 1 saturated heterocycles. The Hall–Kier alpha value is -4.21. The van der Waals surface area contributed by atoms with Gasteiger partial charge in [0.15, 0.2) is 0 Å². The lowest BCUT2D eigenvalue weighted by Gasteiger charge is -2.46. The molecule has 4 rings (SSSR count). The number of rotatable bonds is 8. The normalized spacial score (nSPS) is 17.6. The van der Waals surface area contributed by atoms with E-state index in [2.05, 4.69) is 15.3 Å². The van der Waals surface area contributed by atoms with Crippen molar-refractivity contribution in [2.45, 2.75) is 58.8 Å². The van der Waals surface area contributed by atoms with Crippen molar-refractivity contribution >= 4 is 23.4 Å². The van der Waals surface area contributed by atoms with E-state index in [9.17, 15) is 20.0 Å². The average molecular weight is 519 g/mol. The Labute approximate surface area is 222 Å². The molecule has 2 N–H and O–H groups in total. The number of likely N-dealkylation sites (tertiary alicyclic amines) is 1. The minimum atomic E-state index is -0.994. The predicted molar refractivity (Wildman–Crippen MR) is 146 cm³/mol. The molecule has 10 heteroatoms. The van der Waals surface area contributed by atoms with E-state index in [4.69, 9.17) is 0 Å². The van der Waals surface area contributed by atoms with Crippen molar-refractivity contribution in [2.75, 3.05) is 16.8 Å². The monoisotopic (exact) mass is 518 g/mol. The summed E-state index contributed by atoms with van der Waals surface area (Å²) in [5, 5.41) is 25.6. The summed E-state index contributed by atoms with van der Waals surface area (Å²) in [6.07, 6.45) is 1.65. The Morgan fingerprint density at radius 3 is 2.16 bits per heavy atom. The summed E-state index contributed by atoms with van der Waals surface area (Å²) >= 11 is 0. The van der Waals surface area contributed by atoms with Crippen LogP contribution >= 0.6 is 0 Å². The van der Waals surface area contributed by atoms with Gasteiger partial charge < -0.3 is 20.2 Å². The zero-order valence-electron chi connectivity index (χ0n) is 21.9. The quantitative estimate of drug-likeness (QED) is 0.293. The number of piperidine rings is 1. The molecule has 2 atom stereocenters. The molecule has 1 unspecified atom stereocenters. The third kappa shape index (κ3) is 6.19. The van der Waals surface area contributed by atoms with Crippen molar-refractivity contribution in [2.24, 2.45) is 5.41 Å². The van der Waals surface area contributed by atoms with Gasteiger partial charge in [0, 0.05) is 25.7 Å². The molecule has 2 aromatic carbocycles. The summed E-state index contributed by atoms with van der Waals surface area (Å²) in [6.45, 7) is 7.19. The smallest absolute Gasteiger partial charge is 0.407 e. The van der Waals surface area contributed by atoms with Crippen molar-refractivity contribution in [1.82, 2.24) is 14.9 Å². The lowest BCUT2D eigenvalue weighted by atomic mass is 9.77. The lowest BCUT2D eigenvalue weighted by Crippen LogP contribution is -2.58. The number of nitrogens with one attached hydrogen (secondary N) is 1. The molecule has 38 heavy (non-hydrogen) atoms. The van der Waals surface area contributed by atoms with Gasteiger partial charge >= 0.3 is 11.8 Å². The fourth-order valence-electron chi connectivity index (χ4n) is 5.30. The molecular formula is C28H34N6O4. The Bertz CT molecular complexity index is 1210. The first-order chi connectivity index (χ1) is 18.1. The molecule has 1 aliphatic heterocycles. The second-order valence-electron chi connectivity index (χ2n) is 10.7. The molecule has 10 nitrogen and oxygen atoms in total. The third-order valence-corrected chi connectivity index (χ3v) is 6.80. The minimum absolute atomic E-state index is 0.0950. The first kappa shape index (κ1) is 26.8. The number of anilines is 2. The predicted octanol–water partition coefficient (Wildman–Crippen LogP) is 5.56. The number of aromatic nitrogens is 2. The summed E-state index contributed by atoms with van der Waals surface area (Å²) < 4.78 is 0. The molecule has 2 heterocycles. The van der Waals surface area contributed by atoms with Crippen molar-refractivity contribution in [3.63, 3.8) is 0 Å². The van der Waals surface area contributed by atoms with Crippen LogP contribution in [0.3, 0.4) is 0 Å². The number of carboxylic acid groups (broad SMARTS) is 1. The number of carbonyl (C=O) groups is 1. The van der Waals surface area contributed by atoms with Crippen LogP contribution in [-0.2, 0) is 13.1 Å². The average Bonchev–Trinajstić information content (AvgIpc) is 2.88. The van der Waals surface area contributed by atoms with Gasteiger partial charge in [-0.05, 0) is 29.4 Å². The van der Waals surface area contributed by atoms with Crippen LogP contribution in [0.4, 0.5) is 22.1 Å². The Balaban J connectivity index is 1.74. The second-order valence-corrected chi connectivity index (χ2v) is 10.7. The molecule has 1 fully saturated rings. The van der Waals surface area contributed by atoms with Crippen molar-refractivity contribution in [1.29, 1.82) is 0 Å². The van der Waals surface area contributed by atoms with Gasteiger partial charge in [-0.25, -0.2) is 14.8 Å². The molecule has 0 spiro atoms. The summed E-state index contributed by atoms with van der Waals surface area (Å²) in [6, 6.07) is 18.7. The highest BCUT2D eigenvalue weighted by Crippen LogP contribution is 2.38. The lowest BCUT2D eigenvalue weighted by molar-refractivity contribution is -0.383. The van der Waals surface area contributed by atoms with Gasteiger partial charge in [0.2, 0.25) is 11.6 Å². The van der Waals surface area contributed by atoms with Gasteiger partial charge in [0.1, 0.15) is 6.33 Å². The number of nitrogens with zero attached hydrogens (tertiary/aromatic N) is 5. The molecule has 1 amide bonds. The van der Waals surface area contributed by atoms with E-state index in [0.717, 1.165) is 11.1 Å². The Kier molecular flexibility index (Phi) is 8.09. The highest BCUT2D eigenvalue weighted by Gasteiger charge is 2.43. The maximum absolute atomic E-state index is 12.5. The van der Waals surface area contributed by atoms with Crippen molar-refractivity contribution < 1.29 is 14.8 Å². The highest BCUT2D eigenvalue weighted by molar-refractivity contribution is 5.71.